The van der Waals surface area contributed by atoms with Crippen molar-refractivity contribution in [2.24, 2.45) is 4.99 Å². The summed E-state index contributed by atoms with van der Waals surface area (Å²) in [5, 5.41) is 5.72. The molecule has 0 saturated heterocycles. The van der Waals surface area contributed by atoms with E-state index in [9.17, 15) is 9.18 Å². The Kier molecular flexibility index (Phi) is 8.27. The van der Waals surface area contributed by atoms with Crippen LogP contribution in [0.25, 0.3) is 0 Å². The van der Waals surface area contributed by atoms with Crippen molar-refractivity contribution in [2.45, 2.75) is 6.42 Å². The fourth-order valence-corrected chi connectivity index (χ4v) is 2.72. The number of halogens is 1. The number of aliphatic imine (C=N–C) groups is 1. The molecule has 0 spiro atoms. The average molecular weight is 402 g/mol. The molecule has 29 heavy (non-hydrogen) atoms. The maximum Gasteiger partial charge on any atom is 0.243 e. The predicted molar refractivity (Wildman–Crippen MR) is 112 cm³/mol. The molecule has 156 valence electrons. The van der Waals surface area contributed by atoms with Crippen LogP contribution in [0.4, 0.5) is 10.1 Å². The minimum absolute atomic E-state index is 0.0464. The Labute approximate surface area is 170 Å². The van der Waals surface area contributed by atoms with E-state index in [-0.39, 0.29) is 18.3 Å². The van der Waals surface area contributed by atoms with Gasteiger partial charge in [-0.1, -0.05) is 6.07 Å². The lowest BCUT2D eigenvalue weighted by molar-refractivity contribution is -0.115. The van der Waals surface area contributed by atoms with Gasteiger partial charge < -0.3 is 25.0 Å². The highest BCUT2D eigenvalue weighted by molar-refractivity contribution is 5.94. The Hall–Kier alpha value is -3.29. The Morgan fingerprint density at radius 1 is 1.10 bits per heavy atom. The quantitative estimate of drug-likeness (QED) is 0.524. The first kappa shape index (κ1) is 22.0. The Morgan fingerprint density at radius 2 is 1.79 bits per heavy atom. The summed E-state index contributed by atoms with van der Waals surface area (Å²) in [5.74, 6) is 1.38. The number of amides is 1. The zero-order chi connectivity index (χ0) is 21.2. The fraction of sp³-hybridized carbons (Fsp3) is 0.333. The smallest absolute Gasteiger partial charge is 0.243 e. The van der Waals surface area contributed by atoms with Crippen molar-refractivity contribution in [3.63, 3.8) is 0 Å². The number of hydrogen-bond acceptors (Lipinski definition) is 4. The number of benzene rings is 2. The van der Waals surface area contributed by atoms with Crippen molar-refractivity contribution in [2.75, 3.05) is 46.7 Å². The van der Waals surface area contributed by atoms with Crippen molar-refractivity contribution < 1.29 is 18.7 Å². The topological polar surface area (TPSA) is 75.2 Å². The van der Waals surface area contributed by atoms with E-state index in [1.807, 2.05) is 30.1 Å². The standard InChI is InChI=1S/C21H27FN4O3/c1-23-21(24-14-20(27)25-17-8-6-16(22)7-9-17)26(2)12-11-15-5-10-18(28-3)19(13-15)29-4/h5-10,13H,11-12,14H2,1-4H3,(H,23,24)(H,25,27). The number of carbonyl (C=O) groups excluding carboxylic acids is 1. The van der Waals surface area contributed by atoms with Gasteiger partial charge in [-0.25, -0.2) is 4.39 Å². The van der Waals surface area contributed by atoms with Gasteiger partial charge in [0.25, 0.3) is 0 Å². The first-order valence-electron chi connectivity index (χ1n) is 9.15. The van der Waals surface area contributed by atoms with Gasteiger partial charge in [-0.2, -0.15) is 0 Å². The highest BCUT2D eigenvalue weighted by Crippen LogP contribution is 2.27. The first-order chi connectivity index (χ1) is 14.0. The molecule has 0 bridgehead atoms. The molecule has 0 aliphatic heterocycles. The molecule has 8 heteroatoms. The Balaban J connectivity index is 1.84. The van der Waals surface area contributed by atoms with Crippen molar-refractivity contribution in [3.05, 3.63) is 53.8 Å². The summed E-state index contributed by atoms with van der Waals surface area (Å²) in [6, 6.07) is 11.4. The molecule has 1 amide bonds. The van der Waals surface area contributed by atoms with Gasteiger partial charge in [-0.15, -0.1) is 0 Å². The lowest BCUT2D eigenvalue weighted by atomic mass is 10.1. The number of nitrogens with zero attached hydrogens (tertiary/aromatic N) is 2. The van der Waals surface area contributed by atoms with E-state index < -0.39 is 0 Å². The minimum Gasteiger partial charge on any atom is -0.493 e. The van der Waals surface area contributed by atoms with Crippen LogP contribution in [-0.2, 0) is 11.2 Å². The van der Waals surface area contributed by atoms with Crippen LogP contribution < -0.4 is 20.1 Å². The van der Waals surface area contributed by atoms with Gasteiger partial charge in [0.1, 0.15) is 5.82 Å². The van der Waals surface area contributed by atoms with Gasteiger partial charge in [0.15, 0.2) is 17.5 Å². The van der Waals surface area contributed by atoms with Gasteiger partial charge in [-0.05, 0) is 48.4 Å². The third-order valence-electron chi connectivity index (χ3n) is 4.29. The van der Waals surface area contributed by atoms with E-state index in [2.05, 4.69) is 15.6 Å². The molecule has 2 N–H and O–H groups in total. The second-order valence-electron chi connectivity index (χ2n) is 6.32. The molecule has 0 aliphatic rings. The molecular weight excluding hydrogens is 375 g/mol. The maximum atomic E-state index is 12.9. The number of nitrogens with one attached hydrogen (secondary N) is 2. The molecule has 0 atom stereocenters. The predicted octanol–water partition coefficient (Wildman–Crippen LogP) is 2.53. The lowest BCUT2D eigenvalue weighted by Crippen LogP contribution is -2.43. The summed E-state index contributed by atoms with van der Waals surface area (Å²) in [4.78, 5) is 18.2. The zero-order valence-electron chi connectivity index (χ0n) is 17.2. The molecule has 2 aromatic carbocycles. The number of hydrogen-bond donors (Lipinski definition) is 2. The van der Waals surface area contributed by atoms with Gasteiger partial charge in [0, 0.05) is 26.3 Å². The molecular formula is C21H27FN4O3. The fourth-order valence-electron chi connectivity index (χ4n) is 2.72. The lowest BCUT2D eigenvalue weighted by Gasteiger charge is -2.22. The molecule has 2 aromatic rings. The monoisotopic (exact) mass is 402 g/mol. The summed E-state index contributed by atoms with van der Waals surface area (Å²) in [6.07, 6.45) is 0.763. The van der Waals surface area contributed by atoms with E-state index in [1.54, 1.807) is 21.3 Å². The third-order valence-corrected chi connectivity index (χ3v) is 4.29. The number of methoxy groups -OCH3 is 2. The van der Waals surface area contributed by atoms with E-state index in [0.29, 0.717) is 29.7 Å². The molecule has 0 saturated carbocycles. The number of carbonyl (C=O) groups is 1. The van der Waals surface area contributed by atoms with E-state index in [1.165, 1.54) is 24.3 Å². The van der Waals surface area contributed by atoms with Crippen LogP contribution in [0.3, 0.4) is 0 Å². The van der Waals surface area contributed by atoms with Crippen LogP contribution in [-0.4, -0.2) is 58.2 Å². The van der Waals surface area contributed by atoms with Crippen LogP contribution >= 0.6 is 0 Å². The number of anilines is 1. The number of rotatable bonds is 8. The second kappa shape index (κ2) is 10.9. The molecule has 0 aliphatic carbocycles. The van der Waals surface area contributed by atoms with Crippen molar-refractivity contribution in [3.8, 4) is 11.5 Å². The molecule has 0 radical (unpaired) electrons. The third kappa shape index (κ3) is 6.67. The van der Waals surface area contributed by atoms with Crippen LogP contribution in [0.5, 0.6) is 11.5 Å². The Morgan fingerprint density at radius 3 is 2.41 bits per heavy atom. The molecule has 2 rings (SSSR count). The van der Waals surface area contributed by atoms with Crippen molar-refractivity contribution in [1.29, 1.82) is 0 Å². The normalized spacial score (nSPS) is 11.0. The number of guanidine groups is 1. The van der Waals surface area contributed by atoms with E-state index in [0.717, 1.165) is 12.0 Å². The van der Waals surface area contributed by atoms with Gasteiger partial charge in [0.05, 0.1) is 20.8 Å². The van der Waals surface area contributed by atoms with Crippen LogP contribution in [0.1, 0.15) is 5.56 Å². The maximum absolute atomic E-state index is 12.9. The average Bonchev–Trinajstić information content (AvgIpc) is 2.74. The summed E-state index contributed by atoms with van der Waals surface area (Å²) < 4.78 is 23.5. The SMILES string of the molecule is CN=C(NCC(=O)Nc1ccc(F)cc1)N(C)CCc1ccc(OC)c(OC)c1. The molecule has 0 fully saturated rings. The molecule has 7 nitrogen and oxygen atoms in total. The molecule has 0 heterocycles. The summed E-state index contributed by atoms with van der Waals surface area (Å²) in [5.41, 5.74) is 1.63. The summed E-state index contributed by atoms with van der Waals surface area (Å²) in [7, 11) is 6.77. The van der Waals surface area contributed by atoms with Crippen LogP contribution in [0.15, 0.2) is 47.5 Å². The van der Waals surface area contributed by atoms with Gasteiger partial charge in [0.2, 0.25) is 5.91 Å². The highest BCUT2D eigenvalue weighted by atomic mass is 19.1. The second-order valence-corrected chi connectivity index (χ2v) is 6.32. The molecule has 0 unspecified atom stereocenters. The van der Waals surface area contributed by atoms with Crippen LogP contribution in [0, 0.1) is 5.82 Å². The van der Waals surface area contributed by atoms with Crippen molar-refractivity contribution >= 4 is 17.6 Å². The number of likely N-dealkylation sites (N-methyl/N-ethyl adjacent to an activating group) is 1. The van der Waals surface area contributed by atoms with Crippen molar-refractivity contribution in [1.82, 2.24) is 10.2 Å². The van der Waals surface area contributed by atoms with Gasteiger partial charge >= 0.3 is 0 Å². The van der Waals surface area contributed by atoms with Gasteiger partial charge in [-0.3, -0.25) is 9.79 Å². The van der Waals surface area contributed by atoms with E-state index in [4.69, 9.17) is 9.47 Å². The zero-order valence-corrected chi connectivity index (χ0v) is 17.2. The minimum atomic E-state index is -0.349. The number of ether oxygens (including phenoxy) is 2. The first-order valence-corrected chi connectivity index (χ1v) is 9.15. The highest BCUT2D eigenvalue weighted by Gasteiger charge is 2.10. The largest absolute Gasteiger partial charge is 0.493 e. The van der Waals surface area contributed by atoms with E-state index >= 15 is 0 Å². The Bertz CT molecular complexity index is 840. The molecule has 0 aromatic heterocycles. The van der Waals surface area contributed by atoms with Crippen LogP contribution in [0.2, 0.25) is 0 Å². The summed E-state index contributed by atoms with van der Waals surface area (Å²) >= 11 is 0. The summed E-state index contributed by atoms with van der Waals surface area (Å²) in [6.45, 7) is 0.736.